The van der Waals surface area contributed by atoms with E-state index in [-0.39, 0.29) is 17.7 Å². The van der Waals surface area contributed by atoms with E-state index in [9.17, 15) is 9.59 Å². The molecule has 1 N–H and O–H groups in total. The summed E-state index contributed by atoms with van der Waals surface area (Å²) in [5.41, 5.74) is 1.78. The third-order valence-corrected chi connectivity index (χ3v) is 5.37. The molecule has 0 aliphatic carbocycles. The molecule has 2 heterocycles. The second-order valence-corrected chi connectivity index (χ2v) is 7.70. The molecular formula is C15H14ClN3O2S2. The van der Waals surface area contributed by atoms with Gasteiger partial charge in [0.05, 0.1) is 5.69 Å². The monoisotopic (exact) mass is 367 g/mol. The molecule has 1 fully saturated rings. The molecule has 0 unspecified atom stereocenters. The van der Waals surface area contributed by atoms with Gasteiger partial charge in [0.2, 0.25) is 5.91 Å². The van der Waals surface area contributed by atoms with E-state index >= 15 is 0 Å². The Hall–Kier alpha value is -1.57. The van der Waals surface area contributed by atoms with Crippen molar-refractivity contribution < 1.29 is 9.59 Å². The first-order chi connectivity index (χ1) is 11.0. The lowest BCUT2D eigenvalue weighted by atomic mass is 10.1. The Morgan fingerprint density at radius 2 is 2.13 bits per heavy atom. The Balaban J connectivity index is 1.69. The van der Waals surface area contributed by atoms with Gasteiger partial charge in [0.15, 0.2) is 5.13 Å². The number of carbonyl (C=O) groups excluding carboxylic acids is 2. The highest BCUT2D eigenvalue weighted by Gasteiger charge is 2.23. The van der Waals surface area contributed by atoms with E-state index in [1.807, 2.05) is 31.2 Å². The summed E-state index contributed by atoms with van der Waals surface area (Å²) in [6, 6.07) is 7.42. The van der Waals surface area contributed by atoms with E-state index in [1.54, 1.807) is 4.90 Å². The van der Waals surface area contributed by atoms with Crippen LogP contribution in [0.3, 0.4) is 0 Å². The molecule has 1 saturated heterocycles. The Morgan fingerprint density at radius 3 is 2.78 bits per heavy atom. The number of benzene rings is 1. The highest BCUT2D eigenvalue weighted by atomic mass is 35.5. The predicted molar refractivity (Wildman–Crippen MR) is 95.4 cm³/mol. The molecule has 0 saturated carbocycles. The lowest BCUT2D eigenvalue weighted by Crippen LogP contribution is -2.33. The number of nitrogens with zero attached hydrogens (tertiary/aromatic N) is 2. The number of carbonyl (C=O) groups is 2. The molecular weight excluding hydrogens is 354 g/mol. The number of amides is 2. The number of aryl methyl sites for hydroxylation is 1. The number of hydrogen-bond donors (Lipinski definition) is 1. The molecule has 1 aromatic carbocycles. The van der Waals surface area contributed by atoms with Crippen LogP contribution in [0.25, 0.3) is 11.3 Å². The summed E-state index contributed by atoms with van der Waals surface area (Å²) in [5.74, 6) is 0.515. The number of halogens is 1. The van der Waals surface area contributed by atoms with Crippen LogP contribution in [0.4, 0.5) is 9.93 Å². The molecule has 120 valence electrons. The number of rotatable bonds is 4. The number of hydrogen-bond acceptors (Lipinski definition) is 5. The highest BCUT2D eigenvalue weighted by Crippen LogP contribution is 2.31. The van der Waals surface area contributed by atoms with Gasteiger partial charge in [-0.3, -0.25) is 9.59 Å². The van der Waals surface area contributed by atoms with Crippen molar-refractivity contribution in [2.24, 2.45) is 0 Å². The van der Waals surface area contributed by atoms with Gasteiger partial charge in [-0.15, -0.1) is 11.3 Å². The second-order valence-electron chi connectivity index (χ2n) is 5.01. The first-order valence-corrected chi connectivity index (χ1v) is 9.16. The Morgan fingerprint density at radius 1 is 1.39 bits per heavy atom. The van der Waals surface area contributed by atoms with E-state index in [1.165, 1.54) is 23.1 Å². The van der Waals surface area contributed by atoms with Gasteiger partial charge in [-0.1, -0.05) is 35.5 Å². The molecule has 0 bridgehead atoms. The van der Waals surface area contributed by atoms with Gasteiger partial charge in [0.25, 0.3) is 5.24 Å². The minimum absolute atomic E-state index is 0.0441. The molecule has 1 aromatic heterocycles. The molecule has 0 radical (unpaired) electrons. The first kappa shape index (κ1) is 16.3. The van der Waals surface area contributed by atoms with Crippen LogP contribution in [0.5, 0.6) is 0 Å². The zero-order valence-corrected chi connectivity index (χ0v) is 14.7. The van der Waals surface area contributed by atoms with E-state index in [0.717, 1.165) is 21.9 Å². The van der Waals surface area contributed by atoms with Crippen molar-refractivity contribution in [2.75, 3.05) is 24.2 Å². The van der Waals surface area contributed by atoms with Crippen molar-refractivity contribution in [1.29, 1.82) is 0 Å². The quantitative estimate of drug-likeness (QED) is 0.890. The molecule has 5 nitrogen and oxygen atoms in total. The zero-order valence-electron chi connectivity index (χ0n) is 12.3. The fraction of sp³-hybridized carbons (Fsp3) is 0.267. The summed E-state index contributed by atoms with van der Waals surface area (Å²) < 4.78 is 0. The van der Waals surface area contributed by atoms with Gasteiger partial charge in [-0.05, 0) is 19.1 Å². The molecule has 23 heavy (non-hydrogen) atoms. The maximum atomic E-state index is 12.1. The van der Waals surface area contributed by atoms with Gasteiger partial charge in [0, 0.05) is 27.8 Å². The molecule has 2 aromatic rings. The smallest absolute Gasteiger partial charge is 0.282 e. The number of nitrogens with one attached hydrogen (secondary N) is 1. The Labute approximate surface area is 147 Å². The van der Waals surface area contributed by atoms with E-state index < -0.39 is 0 Å². The van der Waals surface area contributed by atoms with Gasteiger partial charge in [-0.25, -0.2) is 4.98 Å². The van der Waals surface area contributed by atoms with Crippen molar-refractivity contribution in [3.05, 3.63) is 34.2 Å². The summed E-state index contributed by atoms with van der Waals surface area (Å²) in [6.45, 7) is 2.64. The zero-order chi connectivity index (χ0) is 16.4. The van der Waals surface area contributed by atoms with E-state index in [0.29, 0.717) is 16.7 Å². The van der Waals surface area contributed by atoms with Gasteiger partial charge < -0.3 is 10.2 Å². The SMILES string of the molecule is Cc1sc(NC(=O)CN2CCSC2=O)nc1-c1ccc(Cl)cc1. The summed E-state index contributed by atoms with van der Waals surface area (Å²) in [7, 11) is 0. The lowest BCUT2D eigenvalue weighted by Gasteiger charge is -2.12. The fourth-order valence-corrected chi connectivity index (χ4v) is 4.03. The van der Waals surface area contributed by atoms with Gasteiger partial charge in [0.1, 0.15) is 6.54 Å². The van der Waals surface area contributed by atoms with Crippen molar-refractivity contribution in [1.82, 2.24) is 9.88 Å². The van der Waals surface area contributed by atoms with Crippen LogP contribution in [0.1, 0.15) is 4.88 Å². The minimum Gasteiger partial charge on any atom is -0.323 e. The minimum atomic E-state index is -0.225. The van der Waals surface area contributed by atoms with E-state index in [4.69, 9.17) is 11.6 Å². The summed E-state index contributed by atoms with van der Waals surface area (Å²) >= 11 is 8.55. The van der Waals surface area contributed by atoms with Gasteiger partial charge in [-0.2, -0.15) is 0 Å². The third-order valence-electron chi connectivity index (χ3n) is 3.34. The largest absolute Gasteiger partial charge is 0.323 e. The normalized spacial score (nSPS) is 14.3. The second kappa shape index (κ2) is 6.90. The van der Waals surface area contributed by atoms with Crippen LogP contribution in [0.2, 0.25) is 5.02 Å². The number of thioether (sulfide) groups is 1. The van der Waals surface area contributed by atoms with Crippen molar-refractivity contribution >= 4 is 51.0 Å². The summed E-state index contributed by atoms with van der Waals surface area (Å²) in [4.78, 5) is 30.6. The van der Waals surface area contributed by atoms with Crippen LogP contribution in [-0.4, -0.2) is 39.9 Å². The molecule has 3 rings (SSSR count). The average molecular weight is 368 g/mol. The van der Waals surface area contributed by atoms with Crippen LogP contribution >= 0.6 is 34.7 Å². The van der Waals surface area contributed by atoms with Crippen LogP contribution in [0.15, 0.2) is 24.3 Å². The molecule has 1 aliphatic rings. The maximum Gasteiger partial charge on any atom is 0.282 e. The van der Waals surface area contributed by atoms with Crippen molar-refractivity contribution in [3.8, 4) is 11.3 Å². The first-order valence-electron chi connectivity index (χ1n) is 6.98. The summed E-state index contributed by atoms with van der Waals surface area (Å²) in [5, 5.41) is 3.94. The average Bonchev–Trinajstić information content (AvgIpc) is 3.06. The third kappa shape index (κ3) is 3.85. The fourth-order valence-electron chi connectivity index (χ4n) is 2.23. The Bertz CT molecular complexity index is 746. The molecule has 0 atom stereocenters. The molecule has 1 aliphatic heterocycles. The predicted octanol–water partition coefficient (Wildman–Crippen LogP) is 3.88. The number of thiazole rings is 1. The van der Waals surface area contributed by atoms with Crippen LogP contribution < -0.4 is 5.32 Å². The summed E-state index contributed by atoms with van der Waals surface area (Å²) in [6.07, 6.45) is 0. The molecule has 0 spiro atoms. The van der Waals surface area contributed by atoms with Crippen molar-refractivity contribution in [3.63, 3.8) is 0 Å². The maximum absolute atomic E-state index is 12.1. The highest BCUT2D eigenvalue weighted by molar-refractivity contribution is 8.13. The number of anilines is 1. The van der Waals surface area contributed by atoms with Crippen molar-refractivity contribution in [2.45, 2.75) is 6.92 Å². The van der Waals surface area contributed by atoms with E-state index in [2.05, 4.69) is 10.3 Å². The number of aromatic nitrogens is 1. The topological polar surface area (TPSA) is 62.3 Å². The standard InChI is InChI=1S/C15H14ClN3O2S2/c1-9-13(10-2-4-11(16)5-3-10)18-14(23-9)17-12(20)8-19-6-7-22-15(19)21/h2-5H,6-8H2,1H3,(H,17,18,20). The van der Waals surface area contributed by atoms with Gasteiger partial charge >= 0.3 is 0 Å². The van der Waals surface area contributed by atoms with Crippen LogP contribution in [-0.2, 0) is 4.79 Å². The molecule has 8 heteroatoms. The van der Waals surface area contributed by atoms with Crippen LogP contribution in [0, 0.1) is 6.92 Å². The molecule has 2 amide bonds. The lowest BCUT2D eigenvalue weighted by molar-refractivity contribution is -0.116. The Kier molecular flexibility index (Phi) is 4.89.